The molecule has 7 atom stereocenters. The van der Waals surface area contributed by atoms with Gasteiger partial charge in [-0.3, -0.25) is 37.3 Å². The van der Waals surface area contributed by atoms with Gasteiger partial charge in [0, 0.05) is 25.7 Å². The summed E-state index contributed by atoms with van der Waals surface area (Å²) in [6, 6.07) is 0. The van der Waals surface area contributed by atoms with Crippen LogP contribution in [0.25, 0.3) is 0 Å². The van der Waals surface area contributed by atoms with Crippen molar-refractivity contribution in [2.75, 3.05) is 39.6 Å². The number of unbranched alkanes of at least 4 members (excludes halogenated alkanes) is 36. The van der Waals surface area contributed by atoms with Crippen LogP contribution in [0.5, 0.6) is 0 Å². The van der Waals surface area contributed by atoms with Crippen LogP contribution in [0.1, 0.15) is 350 Å². The van der Waals surface area contributed by atoms with E-state index in [2.05, 4.69) is 41.5 Å². The van der Waals surface area contributed by atoms with Crippen molar-refractivity contribution in [1.29, 1.82) is 0 Å². The van der Waals surface area contributed by atoms with Crippen molar-refractivity contribution in [3.8, 4) is 0 Å². The van der Waals surface area contributed by atoms with Crippen molar-refractivity contribution in [1.82, 2.24) is 0 Å². The predicted molar refractivity (Wildman–Crippen MR) is 354 cm³/mol. The molecule has 17 nitrogen and oxygen atoms in total. The fourth-order valence-electron chi connectivity index (χ4n) is 10.4. The molecule has 0 aromatic carbocycles. The summed E-state index contributed by atoms with van der Waals surface area (Å²) >= 11 is 0. The van der Waals surface area contributed by atoms with Crippen LogP contribution in [0.2, 0.25) is 0 Å². The number of aliphatic hydroxyl groups excluding tert-OH is 1. The van der Waals surface area contributed by atoms with E-state index >= 15 is 0 Å². The molecule has 0 bridgehead atoms. The second-order valence-corrected chi connectivity index (χ2v) is 28.3. The number of phosphoric ester groups is 2. The highest BCUT2D eigenvalue weighted by Crippen LogP contribution is 2.45. The van der Waals surface area contributed by atoms with Crippen LogP contribution in [-0.2, 0) is 65.4 Å². The molecule has 0 aromatic rings. The van der Waals surface area contributed by atoms with E-state index in [4.69, 9.17) is 37.0 Å². The zero-order chi connectivity index (χ0) is 65.0. The third-order valence-corrected chi connectivity index (χ3v) is 18.6. The molecular formula is C69H134O17P2. The fourth-order valence-corrected chi connectivity index (χ4v) is 11.9. The molecule has 0 aliphatic carbocycles. The highest BCUT2D eigenvalue weighted by atomic mass is 31.2. The number of ether oxygens (including phenoxy) is 4. The number of hydrogen-bond donors (Lipinski definition) is 3. The minimum absolute atomic E-state index is 0.106. The SMILES string of the molecule is CCCCCCCCCCCCCC(=O)O[C@H](COC(=O)CCCCCCCCC)COP(=O)(O)OC[C@H](O)COP(=O)(O)OC[C@@H](COC(=O)CCCCCCCCCCC(C)CC)OC(=O)CCCCCCCCCCCCCCCCC(C)CC. The minimum atomic E-state index is -4.95. The van der Waals surface area contributed by atoms with E-state index in [0.717, 1.165) is 115 Å². The zero-order valence-electron chi connectivity index (χ0n) is 57.0. The molecule has 0 amide bonds. The van der Waals surface area contributed by atoms with Gasteiger partial charge in [-0.05, 0) is 37.5 Å². The van der Waals surface area contributed by atoms with Gasteiger partial charge in [-0.1, -0.05) is 298 Å². The lowest BCUT2D eigenvalue weighted by molar-refractivity contribution is -0.161. The fraction of sp³-hybridized carbons (Fsp3) is 0.942. The summed E-state index contributed by atoms with van der Waals surface area (Å²) in [6.07, 6.45) is 45.8. The standard InChI is InChI=1S/C69H134O17P2/c1-7-11-13-15-17-18-23-27-35-41-47-53-68(73)85-64(57-79-66(71)51-45-39-31-16-14-12-8-2)59-83-87(75,76)81-55-63(70)56-82-88(77,78)84-60-65(58-80-67(72)52-46-40-34-30-29-33-38-44-50-62(6)10-4)86-69(74)54-48-42-36-28-25-22-20-19-21-24-26-32-37-43-49-61(5)9-3/h61-65,70H,7-60H2,1-6H3,(H,75,76)(H,77,78)/t61?,62?,63-,64+,65+/m0/s1. The summed E-state index contributed by atoms with van der Waals surface area (Å²) in [7, 11) is -9.89. The summed E-state index contributed by atoms with van der Waals surface area (Å²) in [5.74, 6) is -0.506. The van der Waals surface area contributed by atoms with E-state index in [1.165, 1.54) is 154 Å². The molecule has 0 spiro atoms. The van der Waals surface area contributed by atoms with Crippen LogP contribution in [-0.4, -0.2) is 96.7 Å². The lowest BCUT2D eigenvalue weighted by Crippen LogP contribution is -2.30. The Bertz CT molecular complexity index is 1720. The van der Waals surface area contributed by atoms with Gasteiger partial charge in [0.05, 0.1) is 26.4 Å². The Balaban J connectivity index is 5.20. The second-order valence-electron chi connectivity index (χ2n) is 25.4. The smallest absolute Gasteiger partial charge is 0.462 e. The number of carbonyl (C=O) groups excluding carboxylic acids is 4. The molecule has 0 aromatic heterocycles. The van der Waals surface area contributed by atoms with Crippen LogP contribution >= 0.6 is 15.6 Å². The average molecular weight is 1300 g/mol. The molecule has 3 N–H and O–H groups in total. The summed E-state index contributed by atoms with van der Waals surface area (Å²) in [4.78, 5) is 72.3. The minimum Gasteiger partial charge on any atom is -0.462 e. The van der Waals surface area contributed by atoms with Crippen LogP contribution in [0.4, 0.5) is 0 Å². The van der Waals surface area contributed by atoms with Crippen molar-refractivity contribution in [2.24, 2.45) is 11.8 Å². The first-order valence-electron chi connectivity index (χ1n) is 36.1. The summed E-state index contributed by atoms with van der Waals surface area (Å²) in [5, 5.41) is 10.6. The number of rotatable bonds is 68. The largest absolute Gasteiger partial charge is 0.472 e. The maximum Gasteiger partial charge on any atom is 0.472 e. The summed E-state index contributed by atoms with van der Waals surface area (Å²) in [6.45, 7) is 9.55. The Morgan fingerprint density at radius 2 is 0.545 bits per heavy atom. The molecule has 0 heterocycles. The van der Waals surface area contributed by atoms with Gasteiger partial charge in [0.1, 0.15) is 19.3 Å². The van der Waals surface area contributed by atoms with Crippen molar-refractivity contribution in [2.45, 2.75) is 368 Å². The molecule has 19 heteroatoms. The first-order chi connectivity index (χ1) is 42.4. The van der Waals surface area contributed by atoms with Crippen molar-refractivity contribution >= 4 is 39.5 Å². The highest BCUT2D eigenvalue weighted by Gasteiger charge is 2.30. The molecule has 522 valence electrons. The first-order valence-corrected chi connectivity index (χ1v) is 39.1. The van der Waals surface area contributed by atoms with Crippen molar-refractivity contribution in [3.05, 3.63) is 0 Å². The topological polar surface area (TPSA) is 237 Å². The highest BCUT2D eigenvalue weighted by molar-refractivity contribution is 7.47. The van der Waals surface area contributed by atoms with Crippen LogP contribution in [0, 0.1) is 11.8 Å². The molecule has 0 radical (unpaired) electrons. The molecule has 4 unspecified atom stereocenters. The van der Waals surface area contributed by atoms with Gasteiger partial charge < -0.3 is 33.8 Å². The van der Waals surface area contributed by atoms with E-state index in [9.17, 15) is 43.2 Å². The van der Waals surface area contributed by atoms with E-state index in [1.54, 1.807) is 0 Å². The summed E-state index contributed by atoms with van der Waals surface area (Å²) in [5.41, 5.74) is 0. The molecule has 88 heavy (non-hydrogen) atoms. The Hall–Kier alpha value is -1.94. The predicted octanol–water partition coefficient (Wildman–Crippen LogP) is 19.6. The maximum absolute atomic E-state index is 13.0. The maximum atomic E-state index is 13.0. The van der Waals surface area contributed by atoms with E-state index < -0.39 is 97.5 Å². The van der Waals surface area contributed by atoms with E-state index in [-0.39, 0.29) is 25.7 Å². The number of aliphatic hydroxyl groups is 1. The van der Waals surface area contributed by atoms with Gasteiger partial charge in [-0.15, -0.1) is 0 Å². The van der Waals surface area contributed by atoms with Crippen molar-refractivity contribution < 1.29 is 80.2 Å². The first kappa shape index (κ1) is 86.1. The average Bonchev–Trinajstić information content (AvgIpc) is 3.67. The second kappa shape index (κ2) is 61.3. The monoisotopic (exact) mass is 1300 g/mol. The molecule has 0 saturated carbocycles. The van der Waals surface area contributed by atoms with E-state index in [0.29, 0.717) is 25.7 Å². The Morgan fingerprint density at radius 3 is 0.807 bits per heavy atom. The summed E-state index contributed by atoms with van der Waals surface area (Å²) < 4.78 is 68.1. The van der Waals surface area contributed by atoms with Gasteiger partial charge in [0.25, 0.3) is 0 Å². The number of phosphoric acid groups is 2. The Kier molecular flexibility index (Phi) is 59.9. The third kappa shape index (κ3) is 60.3. The van der Waals surface area contributed by atoms with Crippen LogP contribution < -0.4 is 0 Å². The van der Waals surface area contributed by atoms with Crippen LogP contribution in [0.3, 0.4) is 0 Å². The normalized spacial score (nSPS) is 14.8. The van der Waals surface area contributed by atoms with Gasteiger partial charge >= 0.3 is 39.5 Å². The molecular weight excluding hydrogens is 1160 g/mol. The quantitative estimate of drug-likeness (QED) is 0.0222. The molecule has 0 aliphatic rings. The van der Waals surface area contributed by atoms with E-state index in [1.807, 2.05) is 0 Å². The van der Waals surface area contributed by atoms with Crippen LogP contribution in [0.15, 0.2) is 0 Å². The Labute approximate surface area is 537 Å². The van der Waals surface area contributed by atoms with Crippen molar-refractivity contribution in [3.63, 3.8) is 0 Å². The number of esters is 4. The lowest BCUT2D eigenvalue weighted by Gasteiger charge is -2.21. The Morgan fingerprint density at radius 1 is 0.318 bits per heavy atom. The van der Waals surface area contributed by atoms with Gasteiger partial charge in [-0.2, -0.15) is 0 Å². The molecule has 0 rings (SSSR count). The number of carbonyl (C=O) groups is 4. The lowest BCUT2D eigenvalue weighted by atomic mass is 9.99. The van der Waals surface area contributed by atoms with Gasteiger partial charge in [0.15, 0.2) is 12.2 Å². The van der Waals surface area contributed by atoms with Gasteiger partial charge in [-0.25, -0.2) is 9.13 Å². The zero-order valence-corrected chi connectivity index (χ0v) is 58.8. The third-order valence-electron chi connectivity index (χ3n) is 16.7. The molecule has 0 aliphatic heterocycles. The van der Waals surface area contributed by atoms with Gasteiger partial charge in [0.2, 0.25) is 0 Å². The molecule has 0 saturated heterocycles. The number of hydrogen-bond acceptors (Lipinski definition) is 15. The molecule has 0 fully saturated rings.